The van der Waals surface area contributed by atoms with Crippen molar-refractivity contribution in [3.05, 3.63) is 101 Å². The molecule has 1 aliphatic rings. The molecule has 3 aromatic rings. The molecule has 5 nitrogen and oxygen atoms in total. The van der Waals surface area contributed by atoms with E-state index in [1.165, 1.54) is 17.4 Å². The smallest absolute Gasteiger partial charge is 0.261 e. The summed E-state index contributed by atoms with van der Waals surface area (Å²) in [6.07, 6.45) is 5.51. The van der Waals surface area contributed by atoms with Crippen molar-refractivity contribution in [1.29, 1.82) is 0 Å². The van der Waals surface area contributed by atoms with Crippen LogP contribution in [0.2, 0.25) is 0 Å². The van der Waals surface area contributed by atoms with Crippen LogP contribution in [0.5, 0.6) is 5.75 Å². The predicted octanol–water partition coefficient (Wildman–Crippen LogP) is 6.59. The van der Waals surface area contributed by atoms with Crippen LogP contribution in [-0.2, 0) is 28.0 Å². The van der Waals surface area contributed by atoms with E-state index in [1.807, 2.05) is 54.6 Å². The number of ether oxygens (including phenoxy) is 1. The van der Waals surface area contributed by atoms with Gasteiger partial charge in [0.1, 0.15) is 17.6 Å². The third-order valence-corrected chi connectivity index (χ3v) is 7.60. The van der Waals surface area contributed by atoms with Crippen molar-refractivity contribution in [3.8, 4) is 5.75 Å². The first-order valence-corrected chi connectivity index (χ1v) is 14.3. The van der Waals surface area contributed by atoms with Crippen LogP contribution in [0.4, 0.5) is 4.39 Å². The van der Waals surface area contributed by atoms with Crippen LogP contribution < -0.4 is 10.1 Å². The number of carbonyl (C=O) groups excluding carboxylic acids is 2. The zero-order valence-electron chi connectivity index (χ0n) is 23.9. The molecule has 4 rings (SSSR count). The van der Waals surface area contributed by atoms with Crippen molar-refractivity contribution in [3.63, 3.8) is 0 Å². The van der Waals surface area contributed by atoms with Crippen molar-refractivity contribution in [2.45, 2.75) is 83.3 Å². The number of halogens is 1. The van der Waals surface area contributed by atoms with E-state index in [4.69, 9.17) is 4.74 Å². The maximum absolute atomic E-state index is 14.8. The lowest BCUT2D eigenvalue weighted by atomic mass is 9.87. The Morgan fingerprint density at radius 2 is 1.57 bits per heavy atom. The Morgan fingerprint density at radius 1 is 0.925 bits per heavy atom. The van der Waals surface area contributed by atoms with E-state index in [0.717, 1.165) is 36.8 Å². The number of rotatable bonds is 10. The first kappa shape index (κ1) is 29.3. The number of nitrogens with one attached hydrogen (secondary N) is 1. The van der Waals surface area contributed by atoms with E-state index < -0.39 is 11.9 Å². The molecule has 1 atom stereocenters. The van der Waals surface area contributed by atoms with Gasteiger partial charge >= 0.3 is 0 Å². The van der Waals surface area contributed by atoms with Gasteiger partial charge < -0.3 is 15.0 Å². The fourth-order valence-electron chi connectivity index (χ4n) is 5.19. The number of nitrogens with zero attached hydrogens (tertiary/aromatic N) is 1. The van der Waals surface area contributed by atoms with E-state index in [1.54, 1.807) is 18.2 Å². The summed E-state index contributed by atoms with van der Waals surface area (Å²) in [7, 11) is 0. The fourth-order valence-corrected chi connectivity index (χ4v) is 5.19. The summed E-state index contributed by atoms with van der Waals surface area (Å²) >= 11 is 0. The molecule has 1 aliphatic carbocycles. The van der Waals surface area contributed by atoms with Crippen LogP contribution >= 0.6 is 0 Å². The number of carbonyl (C=O) groups is 2. The van der Waals surface area contributed by atoms with Gasteiger partial charge in [-0.1, -0.05) is 101 Å². The topological polar surface area (TPSA) is 58.6 Å². The van der Waals surface area contributed by atoms with Crippen molar-refractivity contribution in [1.82, 2.24) is 10.2 Å². The van der Waals surface area contributed by atoms with Gasteiger partial charge in [0.05, 0.1) is 0 Å². The van der Waals surface area contributed by atoms with Crippen LogP contribution in [0.25, 0.3) is 0 Å². The third-order valence-electron chi connectivity index (χ3n) is 7.60. The highest BCUT2D eigenvalue weighted by atomic mass is 19.1. The second-order valence-corrected chi connectivity index (χ2v) is 11.7. The molecule has 212 valence electrons. The van der Waals surface area contributed by atoms with Gasteiger partial charge in [0.15, 0.2) is 6.61 Å². The first-order chi connectivity index (χ1) is 19.2. The highest BCUT2D eigenvalue weighted by molar-refractivity contribution is 5.88. The minimum atomic E-state index is -0.816. The molecular weight excluding hydrogens is 503 g/mol. The molecule has 0 heterocycles. The number of amides is 2. The zero-order chi connectivity index (χ0) is 28.5. The Balaban J connectivity index is 1.59. The Bertz CT molecular complexity index is 1250. The summed E-state index contributed by atoms with van der Waals surface area (Å²) in [4.78, 5) is 29.1. The molecule has 0 radical (unpaired) electrons. The van der Waals surface area contributed by atoms with Gasteiger partial charge in [0.2, 0.25) is 5.91 Å². The highest BCUT2D eigenvalue weighted by Gasteiger charge is 2.32. The van der Waals surface area contributed by atoms with Crippen LogP contribution in [0.15, 0.2) is 78.9 Å². The first-order valence-electron chi connectivity index (χ1n) is 14.3. The maximum Gasteiger partial charge on any atom is 0.261 e. The third kappa shape index (κ3) is 8.17. The van der Waals surface area contributed by atoms with E-state index in [2.05, 4.69) is 26.1 Å². The van der Waals surface area contributed by atoms with Gasteiger partial charge in [-0.15, -0.1) is 0 Å². The summed E-state index contributed by atoms with van der Waals surface area (Å²) in [5, 5.41) is 3.20. The summed E-state index contributed by atoms with van der Waals surface area (Å²) in [5.41, 5.74) is 2.45. The number of benzene rings is 3. The lowest BCUT2D eigenvalue weighted by Crippen LogP contribution is -2.53. The Morgan fingerprint density at radius 3 is 2.23 bits per heavy atom. The number of hydrogen-bond acceptors (Lipinski definition) is 3. The fraction of sp³-hybridized carbons (Fsp3) is 0.412. The SMILES string of the molecule is CC(C)(C)c1ccc(OCC(=O)N(Cc2ccccc2F)[C@H](Cc2ccccc2)C(=O)NC2CCCCC2)cc1. The molecule has 3 aromatic carbocycles. The van der Waals surface area contributed by atoms with Crippen LogP contribution in [0, 0.1) is 5.82 Å². The Hall–Kier alpha value is -3.67. The molecule has 0 aromatic heterocycles. The van der Waals surface area contributed by atoms with Gasteiger partial charge in [-0.3, -0.25) is 9.59 Å². The van der Waals surface area contributed by atoms with Gasteiger partial charge in [-0.2, -0.15) is 0 Å². The van der Waals surface area contributed by atoms with Crippen molar-refractivity contribution in [2.75, 3.05) is 6.61 Å². The molecule has 6 heteroatoms. The van der Waals surface area contributed by atoms with Crippen molar-refractivity contribution >= 4 is 11.8 Å². The van der Waals surface area contributed by atoms with Crippen molar-refractivity contribution in [2.24, 2.45) is 0 Å². The Labute approximate surface area is 237 Å². The molecule has 1 saturated carbocycles. The molecule has 1 N–H and O–H groups in total. The van der Waals surface area contributed by atoms with Gasteiger partial charge in [-0.05, 0) is 47.6 Å². The summed E-state index contributed by atoms with van der Waals surface area (Å²) in [5.74, 6) is -0.429. The normalized spacial score (nSPS) is 14.8. The van der Waals surface area contributed by atoms with Crippen LogP contribution in [0.3, 0.4) is 0 Å². The summed E-state index contributed by atoms with van der Waals surface area (Å²) < 4.78 is 20.7. The highest BCUT2D eigenvalue weighted by Crippen LogP contribution is 2.25. The number of hydrogen-bond donors (Lipinski definition) is 1. The summed E-state index contributed by atoms with van der Waals surface area (Å²) in [6.45, 7) is 6.12. The van der Waals surface area contributed by atoms with E-state index in [0.29, 0.717) is 17.7 Å². The molecule has 0 bridgehead atoms. The molecule has 0 spiro atoms. The summed E-state index contributed by atoms with van der Waals surface area (Å²) in [6, 6.07) is 23.0. The molecule has 2 amide bonds. The largest absolute Gasteiger partial charge is 0.484 e. The van der Waals surface area contributed by atoms with Crippen molar-refractivity contribution < 1.29 is 18.7 Å². The average Bonchev–Trinajstić information content (AvgIpc) is 2.95. The second kappa shape index (κ2) is 13.6. The standard InChI is InChI=1S/C34H41FN2O3/c1-34(2,3)27-18-20-29(21-19-27)40-24-32(38)37(23-26-14-10-11-17-30(26)35)31(22-25-12-6-4-7-13-25)33(39)36-28-15-8-5-9-16-28/h4,6-7,10-14,17-21,28,31H,5,8-9,15-16,22-24H2,1-3H3,(H,36,39)/t31-/m1/s1. The lowest BCUT2D eigenvalue weighted by Gasteiger charge is -2.33. The predicted molar refractivity (Wildman–Crippen MR) is 157 cm³/mol. The average molecular weight is 545 g/mol. The molecule has 0 unspecified atom stereocenters. The molecule has 1 fully saturated rings. The zero-order valence-corrected chi connectivity index (χ0v) is 23.9. The molecule has 40 heavy (non-hydrogen) atoms. The Kier molecular flexibility index (Phi) is 9.97. The molecule has 0 saturated heterocycles. The maximum atomic E-state index is 14.8. The molecule has 0 aliphatic heterocycles. The lowest BCUT2D eigenvalue weighted by molar-refractivity contribution is -0.143. The van der Waals surface area contributed by atoms with Gasteiger partial charge in [-0.25, -0.2) is 4.39 Å². The van der Waals surface area contributed by atoms with Gasteiger partial charge in [0, 0.05) is 24.6 Å². The minimum absolute atomic E-state index is 0.00125. The van der Waals surface area contributed by atoms with Gasteiger partial charge in [0.25, 0.3) is 5.91 Å². The van der Waals surface area contributed by atoms with E-state index in [-0.39, 0.29) is 36.4 Å². The monoisotopic (exact) mass is 544 g/mol. The van der Waals surface area contributed by atoms with E-state index >= 15 is 0 Å². The quantitative estimate of drug-likeness (QED) is 0.313. The van der Waals surface area contributed by atoms with Crippen LogP contribution in [-0.4, -0.2) is 35.4 Å². The molecular formula is C34H41FN2O3. The minimum Gasteiger partial charge on any atom is -0.484 e. The van der Waals surface area contributed by atoms with E-state index in [9.17, 15) is 14.0 Å². The second-order valence-electron chi connectivity index (χ2n) is 11.7. The van der Waals surface area contributed by atoms with Crippen LogP contribution in [0.1, 0.15) is 69.6 Å².